The average molecular weight is 386 g/mol. The van der Waals surface area contributed by atoms with Crippen LogP contribution in [-0.2, 0) is 11.3 Å². The molecule has 150 valence electrons. The minimum Gasteiger partial charge on any atom is -0.508 e. The summed E-state index contributed by atoms with van der Waals surface area (Å²) in [6, 6.07) is 10.3. The van der Waals surface area contributed by atoms with Gasteiger partial charge in [-0.25, -0.2) is 4.98 Å². The highest BCUT2D eigenvalue weighted by atomic mass is 16.5. The Morgan fingerprint density at radius 1 is 1.18 bits per heavy atom. The smallest absolute Gasteiger partial charge is 0.215 e. The molecule has 0 amide bonds. The van der Waals surface area contributed by atoms with E-state index in [-0.39, 0.29) is 18.9 Å². The van der Waals surface area contributed by atoms with Crippen LogP contribution in [-0.4, -0.2) is 53.7 Å². The van der Waals surface area contributed by atoms with Gasteiger partial charge in [-0.3, -0.25) is 0 Å². The van der Waals surface area contributed by atoms with E-state index in [1.165, 1.54) is 0 Å². The van der Waals surface area contributed by atoms with Crippen molar-refractivity contribution in [2.45, 2.75) is 26.0 Å². The molecule has 0 unspecified atom stereocenters. The summed E-state index contributed by atoms with van der Waals surface area (Å²) >= 11 is 0. The number of nitrogens with zero attached hydrogens (tertiary/aromatic N) is 4. The van der Waals surface area contributed by atoms with E-state index < -0.39 is 5.60 Å². The molecule has 1 fully saturated rings. The summed E-state index contributed by atoms with van der Waals surface area (Å²) in [6.07, 6.45) is 0. The van der Waals surface area contributed by atoms with Gasteiger partial charge < -0.3 is 24.6 Å². The van der Waals surface area contributed by atoms with Crippen LogP contribution in [0.15, 0.2) is 46.6 Å². The number of aromatic nitrogens is 1. The first kappa shape index (κ1) is 20.0. The van der Waals surface area contributed by atoms with E-state index in [4.69, 9.17) is 9.47 Å². The number of morpholine rings is 1. The largest absolute Gasteiger partial charge is 0.508 e. The standard InChI is InChI=1S/C20H26N4O4/c1-20(2,26)14-28-19-12-17(24-7-9-27-10-8-24)11-16(22-19)13-21-23-15-3-5-18(25)6-4-15/h3-6,11-12,25-26H,7-10,13-14H2,1-2H3. The van der Waals surface area contributed by atoms with Crippen LogP contribution in [0.25, 0.3) is 0 Å². The number of aromatic hydroxyl groups is 1. The van der Waals surface area contributed by atoms with E-state index in [1.807, 2.05) is 12.1 Å². The first-order chi connectivity index (χ1) is 13.4. The zero-order valence-electron chi connectivity index (χ0n) is 16.2. The number of pyridine rings is 1. The van der Waals surface area contributed by atoms with Gasteiger partial charge in [0, 0.05) is 24.8 Å². The highest BCUT2D eigenvalue weighted by Gasteiger charge is 2.17. The van der Waals surface area contributed by atoms with Crippen LogP contribution in [0.4, 0.5) is 11.4 Å². The van der Waals surface area contributed by atoms with Crippen molar-refractivity contribution in [1.29, 1.82) is 0 Å². The Labute approximate surface area is 164 Å². The van der Waals surface area contributed by atoms with E-state index in [9.17, 15) is 10.2 Å². The molecule has 0 radical (unpaired) electrons. The lowest BCUT2D eigenvalue weighted by atomic mass is 10.2. The molecule has 2 N–H and O–H groups in total. The SMILES string of the molecule is CC(C)(O)COc1cc(N2CCOCC2)cc(CN=Nc2ccc(O)cc2)n1. The third kappa shape index (κ3) is 6.17. The zero-order chi connectivity index (χ0) is 20.0. The van der Waals surface area contributed by atoms with Gasteiger partial charge in [-0.1, -0.05) is 0 Å². The molecule has 8 heteroatoms. The average Bonchev–Trinajstić information content (AvgIpc) is 2.68. The normalized spacial score (nSPS) is 15.2. The van der Waals surface area contributed by atoms with Crippen molar-refractivity contribution in [1.82, 2.24) is 4.98 Å². The molecule has 0 atom stereocenters. The van der Waals surface area contributed by atoms with Gasteiger partial charge in [0.15, 0.2) is 0 Å². The highest BCUT2D eigenvalue weighted by Crippen LogP contribution is 2.24. The molecule has 28 heavy (non-hydrogen) atoms. The van der Waals surface area contributed by atoms with Crippen molar-refractivity contribution in [3.63, 3.8) is 0 Å². The molecule has 1 aromatic heterocycles. The fourth-order valence-corrected chi connectivity index (χ4v) is 2.66. The van der Waals surface area contributed by atoms with E-state index >= 15 is 0 Å². The van der Waals surface area contributed by atoms with Gasteiger partial charge in [0.2, 0.25) is 5.88 Å². The zero-order valence-corrected chi connectivity index (χ0v) is 16.2. The van der Waals surface area contributed by atoms with Gasteiger partial charge in [-0.15, -0.1) is 0 Å². The van der Waals surface area contributed by atoms with Crippen LogP contribution in [0.2, 0.25) is 0 Å². The number of aliphatic hydroxyl groups is 1. The minimum atomic E-state index is -0.949. The first-order valence-corrected chi connectivity index (χ1v) is 9.24. The number of benzene rings is 1. The molecule has 0 spiro atoms. The summed E-state index contributed by atoms with van der Waals surface area (Å²) in [7, 11) is 0. The Hall–Kier alpha value is -2.71. The molecule has 3 rings (SSSR count). The Morgan fingerprint density at radius 3 is 2.57 bits per heavy atom. The number of hydrogen-bond donors (Lipinski definition) is 2. The number of phenolic OH excluding ortho intramolecular Hbond substituents is 1. The van der Waals surface area contributed by atoms with Crippen LogP contribution in [0.3, 0.4) is 0 Å². The fraction of sp³-hybridized carbons (Fsp3) is 0.450. The summed E-state index contributed by atoms with van der Waals surface area (Å²) in [5.41, 5.74) is 1.41. The molecule has 1 aromatic carbocycles. The molecule has 0 saturated carbocycles. The number of hydrogen-bond acceptors (Lipinski definition) is 8. The highest BCUT2D eigenvalue weighted by molar-refractivity contribution is 5.50. The van der Waals surface area contributed by atoms with Gasteiger partial charge in [0.25, 0.3) is 0 Å². The second-order valence-electron chi connectivity index (χ2n) is 7.27. The molecule has 1 aliphatic heterocycles. The summed E-state index contributed by atoms with van der Waals surface area (Å²) in [4.78, 5) is 6.70. The van der Waals surface area contributed by atoms with Crippen molar-refractivity contribution in [3.05, 3.63) is 42.1 Å². The third-order valence-electron chi connectivity index (χ3n) is 4.06. The lowest BCUT2D eigenvalue weighted by Crippen LogP contribution is -2.36. The maximum absolute atomic E-state index is 9.92. The van der Waals surface area contributed by atoms with E-state index in [0.717, 1.165) is 24.5 Å². The van der Waals surface area contributed by atoms with Gasteiger partial charge in [0.1, 0.15) is 18.9 Å². The Morgan fingerprint density at radius 2 is 1.89 bits per heavy atom. The molecule has 0 aliphatic carbocycles. The van der Waals surface area contributed by atoms with Gasteiger partial charge >= 0.3 is 0 Å². The number of phenols is 1. The number of anilines is 1. The van der Waals surface area contributed by atoms with Crippen LogP contribution in [0.1, 0.15) is 19.5 Å². The predicted octanol–water partition coefficient (Wildman–Crippen LogP) is 3.06. The Bertz CT molecular complexity index is 797. The monoisotopic (exact) mass is 386 g/mol. The Kier molecular flexibility index (Phi) is 6.43. The molecule has 0 bridgehead atoms. The van der Waals surface area contributed by atoms with Crippen molar-refractivity contribution in [2.75, 3.05) is 37.8 Å². The molecule has 2 heterocycles. The molecule has 8 nitrogen and oxygen atoms in total. The summed E-state index contributed by atoms with van der Waals surface area (Å²) in [5.74, 6) is 0.633. The quantitative estimate of drug-likeness (QED) is 0.710. The predicted molar refractivity (Wildman–Crippen MR) is 105 cm³/mol. The van der Waals surface area contributed by atoms with Crippen molar-refractivity contribution in [3.8, 4) is 11.6 Å². The van der Waals surface area contributed by atoms with Gasteiger partial charge in [-0.05, 0) is 44.2 Å². The minimum absolute atomic E-state index is 0.140. The lowest BCUT2D eigenvalue weighted by molar-refractivity contribution is 0.0268. The number of azo groups is 1. The van der Waals surface area contributed by atoms with Crippen LogP contribution < -0.4 is 9.64 Å². The number of rotatable bonds is 7. The van der Waals surface area contributed by atoms with Gasteiger partial charge in [0.05, 0.1) is 30.2 Å². The van der Waals surface area contributed by atoms with Gasteiger partial charge in [-0.2, -0.15) is 10.2 Å². The van der Waals surface area contributed by atoms with Crippen molar-refractivity contribution < 1.29 is 19.7 Å². The molecular formula is C20H26N4O4. The topological polar surface area (TPSA) is 99.8 Å². The second-order valence-corrected chi connectivity index (χ2v) is 7.27. The second kappa shape index (κ2) is 8.99. The number of ether oxygens (including phenoxy) is 2. The van der Waals surface area contributed by atoms with Crippen LogP contribution in [0.5, 0.6) is 11.6 Å². The summed E-state index contributed by atoms with van der Waals surface area (Å²) in [6.45, 7) is 6.75. The Balaban J connectivity index is 1.76. The van der Waals surface area contributed by atoms with E-state index in [2.05, 4.69) is 20.1 Å². The van der Waals surface area contributed by atoms with Crippen molar-refractivity contribution >= 4 is 11.4 Å². The fourth-order valence-electron chi connectivity index (χ4n) is 2.66. The maximum Gasteiger partial charge on any atom is 0.215 e. The summed E-state index contributed by atoms with van der Waals surface area (Å²) in [5, 5.41) is 27.6. The van der Waals surface area contributed by atoms with Crippen LogP contribution in [0, 0.1) is 0 Å². The maximum atomic E-state index is 9.92. The third-order valence-corrected chi connectivity index (χ3v) is 4.06. The first-order valence-electron chi connectivity index (χ1n) is 9.24. The van der Waals surface area contributed by atoms with E-state index in [1.54, 1.807) is 38.1 Å². The molecule has 2 aromatic rings. The molecule has 1 aliphatic rings. The lowest BCUT2D eigenvalue weighted by Gasteiger charge is -2.29. The van der Waals surface area contributed by atoms with E-state index in [0.29, 0.717) is 24.8 Å². The van der Waals surface area contributed by atoms with Crippen molar-refractivity contribution in [2.24, 2.45) is 10.2 Å². The molecule has 1 saturated heterocycles. The van der Waals surface area contributed by atoms with Crippen LogP contribution >= 0.6 is 0 Å². The molecular weight excluding hydrogens is 360 g/mol. The summed E-state index contributed by atoms with van der Waals surface area (Å²) < 4.78 is 11.1.